The van der Waals surface area contributed by atoms with Crippen molar-refractivity contribution < 1.29 is 27.8 Å². The van der Waals surface area contributed by atoms with Gasteiger partial charge in [-0.25, -0.2) is 13.6 Å². The molecule has 2 aliphatic heterocycles. The summed E-state index contributed by atoms with van der Waals surface area (Å²) in [5.74, 6) is -0.00236. The highest BCUT2D eigenvalue weighted by atomic mass is 32.2. The van der Waals surface area contributed by atoms with E-state index >= 15 is 4.39 Å². The molecular weight excluding hydrogens is 798 g/mol. The Labute approximate surface area is 358 Å². The Morgan fingerprint density at radius 3 is 2.56 bits per heavy atom. The predicted molar refractivity (Wildman–Crippen MR) is 234 cm³/mol. The minimum absolute atomic E-state index is 0.0135. The number of carbonyl (C=O) groups is 1. The second-order valence-corrected chi connectivity index (χ2v) is 20.2. The Kier molecular flexibility index (Phi) is 11.0. The van der Waals surface area contributed by atoms with E-state index in [1.165, 1.54) is 57.1 Å². The monoisotopic (exact) mass is 853 g/mol. The van der Waals surface area contributed by atoms with Gasteiger partial charge in [0.15, 0.2) is 11.0 Å². The van der Waals surface area contributed by atoms with Gasteiger partial charge >= 0.3 is 0 Å². The van der Waals surface area contributed by atoms with Crippen molar-refractivity contribution in [2.75, 3.05) is 62.7 Å². The number of hydrogen-bond donors (Lipinski definition) is 3. The van der Waals surface area contributed by atoms with Gasteiger partial charge in [0.2, 0.25) is 0 Å². The average molecular weight is 854 g/mol. The quantitative estimate of drug-likeness (QED) is 0.0637. The molecule has 4 aliphatic carbocycles. The highest BCUT2D eigenvalue weighted by Crippen LogP contribution is 2.79. The Hall–Kier alpha value is -4.86. The molecule has 1 unspecified atom stereocenters. The Morgan fingerprint density at radius 2 is 1.82 bits per heavy atom. The molecule has 2 aromatic carbocycles. The van der Waals surface area contributed by atoms with Gasteiger partial charge in [0, 0.05) is 94.7 Å². The number of aromatic nitrogens is 2. The van der Waals surface area contributed by atoms with E-state index in [0.29, 0.717) is 27.6 Å². The van der Waals surface area contributed by atoms with Crippen molar-refractivity contribution in [3.05, 3.63) is 87.7 Å². The molecule has 5 fully saturated rings. The number of anilines is 2. The molecule has 0 spiro atoms. The van der Waals surface area contributed by atoms with Crippen LogP contribution in [0.2, 0.25) is 0 Å². The molecular formula is C46H56FN7O6S. The molecule has 2 saturated heterocycles. The van der Waals surface area contributed by atoms with Crippen molar-refractivity contribution in [3.8, 4) is 11.5 Å². The molecule has 3 saturated carbocycles. The maximum atomic E-state index is 15.2. The zero-order valence-electron chi connectivity index (χ0n) is 35.3. The fraction of sp³-hybridized carbons (Fsp3) is 0.522. The van der Waals surface area contributed by atoms with Crippen LogP contribution in [0.4, 0.5) is 21.5 Å². The molecule has 324 valence electrons. The maximum absolute atomic E-state index is 15.2. The molecule has 2 aromatic heterocycles. The number of fused-ring (bicyclic) bond motifs is 1. The van der Waals surface area contributed by atoms with E-state index < -0.39 is 27.5 Å². The molecule has 4 aromatic rings. The second-order valence-electron chi connectivity index (χ2n) is 19.0. The van der Waals surface area contributed by atoms with Crippen molar-refractivity contribution >= 4 is 45.0 Å². The fourth-order valence-corrected chi connectivity index (χ4v) is 11.4. The van der Waals surface area contributed by atoms with Gasteiger partial charge in [-0.05, 0) is 91.2 Å². The van der Waals surface area contributed by atoms with Crippen LogP contribution in [0.15, 0.2) is 77.0 Å². The van der Waals surface area contributed by atoms with Crippen LogP contribution in [0.1, 0.15) is 88.9 Å². The summed E-state index contributed by atoms with van der Waals surface area (Å²) in [4.78, 5) is 37.8. The maximum Gasteiger partial charge on any atom is 0.293 e. The molecule has 2 bridgehead atoms. The number of piperazine rings is 1. The molecule has 13 nitrogen and oxygen atoms in total. The summed E-state index contributed by atoms with van der Waals surface area (Å²) in [6.07, 6.45) is 12.9. The van der Waals surface area contributed by atoms with Gasteiger partial charge in [0.05, 0.1) is 21.6 Å². The molecule has 4 heterocycles. The van der Waals surface area contributed by atoms with Crippen LogP contribution < -0.4 is 19.7 Å². The molecule has 1 atom stereocenters. The lowest BCUT2D eigenvalue weighted by molar-refractivity contribution is -0.384. The second kappa shape index (κ2) is 16.1. The van der Waals surface area contributed by atoms with Crippen LogP contribution in [0.3, 0.4) is 0 Å². The van der Waals surface area contributed by atoms with E-state index in [9.17, 15) is 19.1 Å². The van der Waals surface area contributed by atoms with Crippen molar-refractivity contribution in [1.82, 2.24) is 19.6 Å². The van der Waals surface area contributed by atoms with Crippen LogP contribution in [0.5, 0.6) is 11.5 Å². The van der Waals surface area contributed by atoms with Crippen molar-refractivity contribution in [2.45, 2.75) is 89.1 Å². The van der Waals surface area contributed by atoms with Crippen LogP contribution in [-0.4, -0.2) is 88.1 Å². The minimum atomic E-state index is -2.17. The number of nitro groups is 1. The van der Waals surface area contributed by atoms with E-state index in [0.717, 1.165) is 49.9 Å². The number of hydrogen-bond acceptors (Lipinski definition) is 10. The van der Waals surface area contributed by atoms with E-state index in [2.05, 4.69) is 50.6 Å². The van der Waals surface area contributed by atoms with Crippen LogP contribution in [-0.2, 0) is 15.7 Å². The molecule has 61 heavy (non-hydrogen) atoms. The summed E-state index contributed by atoms with van der Waals surface area (Å²) in [5, 5.41) is 15.8. The molecule has 1 amide bonds. The minimum Gasteiger partial charge on any atom is -0.455 e. The van der Waals surface area contributed by atoms with Crippen molar-refractivity contribution in [2.24, 2.45) is 16.2 Å². The van der Waals surface area contributed by atoms with Crippen LogP contribution >= 0.6 is 0 Å². The Bertz CT molecular complexity index is 2380. The number of pyridine rings is 1. The van der Waals surface area contributed by atoms with Gasteiger partial charge in [-0.1, -0.05) is 38.3 Å². The summed E-state index contributed by atoms with van der Waals surface area (Å²) in [7, 11) is -2.17. The van der Waals surface area contributed by atoms with Crippen molar-refractivity contribution in [3.63, 3.8) is 0 Å². The number of nitrogens with zero attached hydrogens (tertiary/aromatic N) is 4. The smallest absolute Gasteiger partial charge is 0.293 e. The largest absolute Gasteiger partial charge is 0.455 e. The number of ether oxygens (including phenoxy) is 2. The predicted octanol–water partition coefficient (Wildman–Crippen LogP) is 8.86. The Balaban J connectivity index is 0.905. The first-order valence-corrected chi connectivity index (χ1v) is 22.8. The van der Waals surface area contributed by atoms with E-state index in [4.69, 9.17) is 9.47 Å². The number of aromatic amines is 1. The zero-order valence-corrected chi connectivity index (χ0v) is 36.1. The number of nitrogens with one attached hydrogen (secondary N) is 3. The summed E-state index contributed by atoms with van der Waals surface area (Å²) >= 11 is 0. The van der Waals surface area contributed by atoms with Gasteiger partial charge in [-0.3, -0.25) is 24.5 Å². The lowest BCUT2D eigenvalue weighted by atomic mass is 9.31. The first kappa shape index (κ1) is 41.5. The normalized spacial score (nSPS) is 25.0. The summed E-state index contributed by atoms with van der Waals surface area (Å²) in [5.41, 5.74) is 4.82. The molecule has 15 heteroatoms. The standard InChI is InChI=1S/C46H56FN7O6S/c1-4-44-27-45(28-44,29-44)37-24-43(2,3)11-9-32(37)26-52-15-17-53(18-16-52)33-5-7-36(40(22-33)60-34-21-31-10-14-48-41(31)49-25-34)42(55)51-61(58)35-6-8-38(39(23-35)54(56)57)50-30-46(47)12-19-59-20-13-46/h5-8,10,14,21-23,25,50H,4,9,11-13,15-20,24,26-30H2,1-3H3,(H,48,49)(H,51,55). The summed E-state index contributed by atoms with van der Waals surface area (Å²) < 4.78 is 43.0. The third-order valence-electron chi connectivity index (χ3n) is 14.2. The number of alkyl halides is 1. The first-order valence-electron chi connectivity index (χ1n) is 21.7. The Morgan fingerprint density at radius 1 is 1.05 bits per heavy atom. The molecule has 3 N–H and O–H groups in total. The number of nitro benzene ring substituents is 1. The van der Waals surface area contributed by atoms with Crippen molar-refractivity contribution in [1.29, 1.82) is 0 Å². The highest BCUT2D eigenvalue weighted by Gasteiger charge is 2.68. The summed E-state index contributed by atoms with van der Waals surface area (Å²) in [6.45, 7) is 12.2. The van der Waals surface area contributed by atoms with E-state index in [1.54, 1.807) is 29.6 Å². The first-order chi connectivity index (χ1) is 29.2. The third kappa shape index (κ3) is 8.40. The summed E-state index contributed by atoms with van der Waals surface area (Å²) in [6, 6.07) is 13.0. The number of carbonyl (C=O) groups excluding carboxylic acids is 1. The lowest BCUT2D eigenvalue weighted by Crippen LogP contribution is -2.63. The van der Waals surface area contributed by atoms with Gasteiger partial charge < -0.3 is 24.7 Å². The van der Waals surface area contributed by atoms with Gasteiger partial charge in [-0.15, -0.1) is 0 Å². The average Bonchev–Trinajstić information content (AvgIpc) is 3.69. The molecule has 10 rings (SSSR count). The SMILES string of the molecule is CCC12CC(C3=C(CN4CCN(c5ccc(C(=O)NS(=O)c6ccc(NCC7(F)CCOCC7)c([N+](=O)[O-])c6)c(Oc6cnc7[nH]ccc7c6)c5)CC4)CCC(C)(C)C3)(C1)C2. The molecule has 6 aliphatic rings. The third-order valence-corrected chi connectivity index (χ3v) is 15.3. The van der Waals surface area contributed by atoms with Gasteiger partial charge in [-0.2, -0.15) is 0 Å². The lowest BCUT2D eigenvalue weighted by Gasteiger charge is -2.73. The topological polar surface area (TPSA) is 155 Å². The van der Waals surface area contributed by atoms with Gasteiger partial charge in [0.1, 0.15) is 28.5 Å². The van der Waals surface area contributed by atoms with Crippen LogP contribution in [0, 0.1) is 26.4 Å². The number of benzene rings is 2. The molecule has 0 radical (unpaired) electrons. The zero-order chi connectivity index (χ0) is 42.6. The van der Waals surface area contributed by atoms with Crippen LogP contribution in [0.25, 0.3) is 11.0 Å². The number of rotatable bonds is 14. The van der Waals surface area contributed by atoms with E-state index in [-0.39, 0.29) is 60.2 Å². The highest BCUT2D eigenvalue weighted by molar-refractivity contribution is 7.83. The number of allylic oxidation sites excluding steroid dienone is 1. The van der Waals surface area contributed by atoms with E-state index in [1.807, 2.05) is 24.3 Å². The van der Waals surface area contributed by atoms with Gasteiger partial charge in [0.25, 0.3) is 11.6 Å². The number of H-pyrrole nitrogens is 1. The number of amides is 1. The number of halogens is 1. The fourth-order valence-electron chi connectivity index (χ4n) is 10.6.